The van der Waals surface area contributed by atoms with Crippen LogP contribution in [0.2, 0.25) is 0 Å². The van der Waals surface area contributed by atoms with E-state index in [4.69, 9.17) is 0 Å². The second-order valence-electron chi connectivity index (χ2n) is 4.26. The first kappa shape index (κ1) is 14.3. The zero-order valence-corrected chi connectivity index (χ0v) is 10.2. The monoisotopic (exact) mass is 261 g/mol. The van der Waals surface area contributed by atoms with Gasteiger partial charge in [0, 0.05) is 18.7 Å². The number of benzene rings is 1. The molecule has 0 heterocycles. The number of anilines is 1. The summed E-state index contributed by atoms with van der Waals surface area (Å²) in [6, 6.07) is 1.76. The topological polar surface area (TPSA) is 40.5 Å². The summed E-state index contributed by atoms with van der Waals surface area (Å²) in [6.45, 7) is 3.53. The first-order valence-corrected chi connectivity index (χ1v) is 5.30. The molecule has 0 saturated carbocycles. The van der Waals surface area contributed by atoms with E-state index in [1.54, 1.807) is 20.9 Å². The number of rotatable bonds is 3. The van der Waals surface area contributed by atoms with Gasteiger partial charge in [0.15, 0.2) is 5.75 Å². The maximum atomic E-state index is 12.7. The quantitative estimate of drug-likeness (QED) is 0.850. The summed E-state index contributed by atoms with van der Waals surface area (Å²) in [5.74, 6) is -0.857. The second-order valence-corrected chi connectivity index (χ2v) is 4.26. The maximum Gasteiger partial charge on any atom is 0.420 e. The molecule has 0 unspecified atom stereocenters. The van der Waals surface area contributed by atoms with Gasteiger partial charge in [-0.05, 0) is 26.0 Å². The number of hydrogen-bond acceptors (Lipinski definition) is 3. The van der Waals surface area contributed by atoms with Crippen molar-refractivity contribution >= 4 is 12.0 Å². The zero-order chi connectivity index (χ0) is 14.1. The van der Waals surface area contributed by atoms with Crippen molar-refractivity contribution in [1.29, 1.82) is 0 Å². The summed E-state index contributed by atoms with van der Waals surface area (Å²) in [5.41, 5.74) is -1.33. The van der Waals surface area contributed by atoms with Crippen LogP contribution in [0.4, 0.5) is 18.9 Å². The van der Waals surface area contributed by atoms with Crippen LogP contribution < -0.4 is 4.90 Å². The number of hydrogen-bond donors (Lipinski definition) is 1. The van der Waals surface area contributed by atoms with E-state index in [9.17, 15) is 23.1 Å². The van der Waals surface area contributed by atoms with Crippen molar-refractivity contribution in [2.75, 3.05) is 11.9 Å². The highest BCUT2D eigenvalue weighted by Gasteiger charge is 2.36. The molecule has 0 aliphatic carbocycles. The zero-order valence-electron chi connectivity index (χ0n) is 10.2. The summed E-state index contributed by atoms with van der Waals surface area (Å²) in [4.78, 5) is 12.1. The SMILES string of the molecule is CC(C)N(C)c1cc(C=O)cc(C(F)(F)F)c1O. The van der Waals surface area contributed by atoms with Crippen LogP contribution in [0, 0.1) is 0 Å². The van der Waals surface area contributed by atoms with Crippen LogP contribution >= 0.6 is 0 Å². The number of phenolic OH excluding ortho intramolecular Hbond substituents is 1. The van der Waals surface area contributed by atoms with E-state index in [1.165, 1.54) is 11.0 Å². The van der Waals surface area contributed by atoms with E-state index in [-0.39, 0.29) is 17.3 Å². The summed E-state index contributed by atoms with van der Waals surface area (Å²) < 4.78 is 38.1. The van der Waals surface area contributed by atoms with Gasteiger partial charge < -0.3 is 10.0 Å². The van der Waals surface area contributed by atoms with Crippen LogP contribution in [-0.2, 0) is 6.18 Å². The predicted octanol–water partition coefficient (Wildman–Crippen LogP) is 3.07. The number of carbonyl (C=O) groups excluding carboxylic acids is 1. The van der Waals surface area contributed by atoms with Gasteiger partial charge in [0.2, 0.25) is 0 Å². The lowest BCUT2D eigenvalue weighted by atomic mass is 10.1. The number of carbonyl (C=O) groups is 1. The van der Waals surface area contributed by atoms with Gasteiger partial charge in [-0.3, -0.25) is 4.79 Å². The van der Waals surface area contributed by atoms with Crippen molar-refractivity contribution in [3.05, 3.63) is 23.3 Å². The molecular formula is C12H14F3NO2. The number of aromatic hydroxyl groups is 1. The Hall–Kier alpha value is -1.72. The van der Waals surface area contributed by atoms with Gasteiger partial charge in [0.25, 0.3) is 0 Å². The van der Waals surface area contributed by atoms with Crippen LogP contribution in [0.25, 0.3) is 0 Å². The smallest absolute Gasteiger partial charge is 0.420 e. The van der Waals surface area contributed by atoms with Crippen LogP contribution in [0.5, 0.6) is 5.75 Å². The lowest BCUT2D eigenvalue weighted by Gasteiger charge is -2.26. The van der Waals surface area contributed by atoms with Gasteiger partial charge in [-0.25, -0.2) is 0 Å². The molecule has 0 radical (unpaired) electrons. The normalized spacial score (nSPS) is 11.7. The summed E-state index contributed by atoms with van der Waals surface area (Å²) in [7, 11) is 1.55. The van der Waals surface area contributed by atoms with E-state index < -0.39 is 17.5 Å². The minimum atomic E-state index is -4.70. The average molecular weight is 261 g/mol. The molecule has 1 N–H and O–H groups in total. The fourth-order valence-corrected chi connectivity index (χ4v) is 1.47. The van der Waals surface area contributed by atoms with Crippen LogP contribution in [0.3, 0.4) is 0 Å². The van der Waals surface area contributed by atoms with Crippen molar-refractivity contribution in [3.63, 3.8) is 0 Å². The van der Waals surface area contributed by atoms with Crippen LogP contribution in [0.1, 0.15) is 29.8 Å². The molecule has 1 aromatic rings. The van der Waals surface area contributed by atoms with Gasteiger partial charge in [-0.15, -0.1) is 0 Å². The maximum absolute atomic E-state index is 12.7. The Morgan fingerprint density at radius 3 is 2.28 bits per heavy atom. The Balaban J connectivity index is 3.48. The second kappa shape index (κ2) is 4.88. The van der Waals surface area contributed by atoms with Crippen molar-refractivity contribution < 1.29 is 23.1 Å². The Bertz CT molecular complexity index is 455. The third-order valence-corrected chi connectivity index (χ3v) is 2.71. The number of alkyl halides is 3. The molecule has 0 aliphatic heterocycles. The molecule has 0 aromatic heterocycles. The predicted molar refractivity (Wildman–Crippen MR) is 62.0 cm³/mol. The Morgan fingerprint density at radius 1 is 1.33 bits per heavy atom. The summed E-state index contributed by atoms with van der Waals surface area (Å²) in [6.07, 6.45) is -4.37. The van der Waals surface area contributed by atoms with Crippen molar-refractivity contribution in [1.82, 2.24) is 0 Å². The van der Waals surface area contributed by atoms with E-state index in [1.807, 2.05) is 0 Å². The molecule has 0 bridgehead atoms. The van der Waals surface area contributed by atoms with E-state index in [2.05, 4.69) is 0 Å². The molecule has 18 heavy (non-hydrogen) atoms. The Morgan fingerprint density at radius 2 is 1.89 bits per heavy atom. The molecule has 0 fully saturated rings. The molecule has 0 aliphatic rings. The minimum Gasteiger partial charge on any atom is -0.505 e. The highest BCUT2D eigenvalue weighted by molar-refractivity contribution is 5.80. The highest BCUT2D eigenvalue weighted by Crippen LogP contribution is 2.41. The number of halogens is 3. The molecule has 0 atom stereocenters. The van der Waals surface area contributed by atoms with Gasteiger partial charge in [-0.1, -0.05) is 0 Å². The summed E-state index contributed by atoms with van der Waals surface area (Å²) in [5, 5.41) is 9.69. The van der Waals surface area contributed by atoms with Crippen molar-refractivity contribution in [2.24, 2.45) is 0 Å². The van der Waals surface area contributed by atoms with E-state index in [0.29, 0.717) is 12.4 Å². The third-order valence-electron chi connectivity index (χ3n) is 2.71. The number of nitrogens with zero attached hydrogens (tertiary/aromatic N) is 1. The molecular weight excluding hydrogens is 247 g/mol. The lowest BCUT2D eigenvalue weighted by Crippen LogP contribution is -2.26. The molecule has 3 nitrogen and oxygen atoms in total. The van der Waals surface area contributed by atoms with Gasteiger partial charge in [0.1, 0.15) is 11.8 Å². The Kier molecular flexibility index (Phi) is 3.88. The molecule has 0 saturated heterocycles. The van der Waals surface area contributed by atoms with Gasteiger partial charge in [0.05, 0.1) is 5.69 Å². The first-order valence-electron chi connectivity index (χ1n) is 5.30. The van der Waals surface area contributed by atoms with Crippen LogP contribution in [0.15, 0.2) is 12.1 Å². The molecule has 0 amide bonds. The highest BCUT2D eigenvalue weighted by atomic mass is 19.4. The third kappa shape index (κ3) is 2.75. The number of aldehydes is 1. The molecule has 6 heteroatoms. The Labute approximate surface area is 103 Å². The van der Waals surface area contributed by atoms with Gasteiger partial charge in [-0.2, -0.15) is 13.2 Å². The summed E-state index contributed by atoms with van der Waals surface area (Å²) >= 11 is 0. The van der Waals surface area contributed by atoms with Crippen molar-refractivity contribution in [3.8, 4) is 5.75 Å². The van der Waals surface area contributed by atoms with E-state index in [0.717, 1.165) is 0 Å². The standard InChI is InChI=1S/C12H14F3NO2/c1-7(2)16(3)10-5-8(6-17)4-9(11(10)18)12(13,14)15/h4-7,18H,1-3H3. The largest absolute Gasteiger partial charge is 0.505 e. The molecule has 1 aromatic carbocycles. The fraction of sp³-hybridized carbons (Fsp3) is 0.417. The lowest BCUT2D eigenvalue weighted by molar-refractivity contribution is -0.138. The molecule has 1 rings (SSSR count). The molecule has 100 valence electrons. The fourth-order valence-electron chi connectivity index (χ4n) is 1.47. The van der Waals surface area contributed by atoms with E-state index >= 15 is 0 Å². The molecule has 0 spiro atoms. The first-order chi connectivity index (χ1) is 8.18. The van der Waals surface area contributed by atoms with Gasteiger partial charge >= 0.3 is 6.18 Å². The number of phenols is 1. The minimum absolute atomic E-state index is 0.0121. The van der Waals surface area contributed by atoms with Crippen LogP contribution in [-0.4, -0.2) is 24.5 Å². The van der Waals surface area contributed by atoms with Crippen molar-refractivity contribution in [2.45, 2.75) is 26.1 Å². The average Bonchev–Trinajstić information content (AvgIpc) is 2.26.